The summed E-state index contributed by atoms with van der Waals surface area (Å²) in [6, 6.07) is 8.26. The molecule has 1 atom stereocenters. The third-order valence-corrected chi connectivity index (χ3v) is 6.11. The van der Waals surface area contributed by atoms with Crippen LogP contribution in [0.2, 0.25) is 5.02 Å². The summed E-state index contributed by atoms with van der Waals surface area (Å²) in [6.45, 7) is 2.11. The van der Waals surface area contributed by atoms with E-state index in [9.17, 15) is 14.7 Å². The van der Waals surface area contributed by atoms with Gasteiger partial charge in [-0.2, -0.15) is 5.26 Å². The number of anilines is 1. The second-order valence-corrected chi connectivity index (χ2v) is 8.70. The number of methoxy groups -OCH3 is 1. The molecule has 10 heteroatoms. The van der Waals surface area contributed by atoms with E-state index in [4.69, 9.17) is 26.7 Å². The van der Waals surface area contributed by atoms with Gasteiger partial charge in [0, 0.05) is 23.9 Å². The lowest BCUT2D eigenvalue weighted by molar-refractivity contribution is -0.143. The zero-order valence-electron chi connectivity index (χ0n) is 20.9. The summed E-state index contributed by atoms with van der Waals surface area (Å²) in [4.78, 5) is 25.4. The summed E-state index contributed by atoms with van der Waals surface area (Å²) in [5, 5.41) is 30.5. The lowest BCUT2D eigenvalue weighted by Crippen LogP contribution is -2.19. The minimum Gasteiger partial charge on any atom is -0.496 e. The van der Waals surface area contributed by atoms with E-state index in [1.807, 2.05) is 0 Å². The maximum atomic E-state index is 10.8. The molecule has 1 heterocycles. The zero-order chi connectivity index (χ0) is 27.1. The van der Waals surface area contributed by atoms with Crippen molar-refractivity contribution in [2.75, 3.05) is 26.1 Å². The number of benzene rings is 1. The molecule has 0 bridgehead atoms. The SMILES string of the molecule is CC1CCC(C(=O)O)CC1.CN.COc1ccc(C#N)cc1C(CCO)Nc1ncc(C=O)cc1Cl. The van der Waals surface area contributed by atoms with Crippen LogP contribution in [-0.2, 0) is 4.79 Å². The quantitative estimate of drug-likeness (QED) is 0.370. The smallest absolute Gasteiger partial charge is 0.306 e. The molecule has 0 aliphatic heterocycles. The van der Waals surface area contributed by atoms with Crippen molar-refractivity contribution in [3.05, 3.63) is 52.2 Å². The van der Waals surface area contributed by atoms with E-state index in [-0.39, 0.29) is 23.6 Å². The second kappa shape index (κ2) is 16.5. The molecular weight excluding hydrogens is 484 g/mol. The molecule has 5 N–H and O–H groups in total. The first-order valence-corrected chi connectivity index (χ1v) is 12.1. The van der Waals surface area contributed by atoms with Crippen molar-refractivity contribution >= 4 is 29.7 Å². The molecule has 36 heavy (non-hydrogen) atoms. The van der Waals surface area contributed by atoms with Gasteiger partial charge in [0.05, 0.1) is 35.7 Å². The van der Waals surface area contributed by atoms with Crippen molar-refractivity contribution in [2.45, 2.75) is 45.1 Å². The van der Waals surface area contributed by atoms with E-state index in [0.717, 1.165) is 31.6 Å². The molecule has 1 aliphatic carbocycles. The molecule has 0 saturated heterocycles. The molecule has 9 nitrogen and oxygen atoms in total. The number of carbonyl (C=O) groups excluding carboxylic acids is 1. The number of aldehydes is 1. The van der Waals surface area contributed by atoms with Crippen LogP contribution in [0.5, 0.6) is 5.75 Å². The van der Waals surface area contributed by atoms with E-state index in [1.54, 1.807) is 18.2 Å². The predicted molar refractivity (Wildman–Crippen MR) is 139 cm³/mol. The summed E-state index contributed by atoms with van der Waals surface area (Å²) in [6.07, 6.45) is 6.38. The Labute approximate surface area is 217 Å². The number of nitrogens with zero attached hydrogens (tertiary/aromatic N) is 2. The Morgan fingerprint density at radius 3 is 2.50 bits per heavy atom. The largest absolute Gasteiger partial charge is 0.496 e. The van der Waals surface area contributed by atoms with Crippen molar-refractivity contribution in [1.29, 1.82) is 5.26 Å². The van der Waals surface area contributed by atoms with Gasteiger partial charge in [-0.3, -0.25) is 9.59 Å². The molecule has 1 fully saturated rings. The molecule has 1 unspecified atom stereocenters. The Morgan fingerprint density at radius 1 is 1.33 bits per heavy atom. The molecule has 1 aromatic carbocycles. The Balaban J connectivity index is 0.000000450. The minimum atomic E-state index is -0.605. The lowest BCUT2D eigenvalue weighted by Gasteiger charge is -2.22. The fourth-order valence-corrected chi connectivity index (χ4v) is 4.04. The van der Waals surface area contributed by atoms with Gasteiger partial charge in [-0.1, -0.05) is 18.5 Å². The lowest BCUT2D eigenvalue weighted by atomic mass is 9.83. The van der Waals surface area contributed by atoms with Crippen molar-refractivity contribution < 1.29 is 24.5 Å². The number of halogens is 1. The third-order valence-electron chi connectivity index (χ3n) is 5.83. The zero-order valence-corrected chi connectivity index (χ0v) is 21.7. The first kappa shape index (κ1) is 30.8. The Morgan fingerprint density at radius 2 is 2.00 bits per heavy atom. The summed E-state index contributed by atoms with van der Waals surface area (Å²) in [7, 11) is 3.03. The highest BCUT2D eigenvalue weighted by molar-refractivity contribution is 6.33. The maximum Gasteiger partial charge on any atom is 0.306 e. The first-order valence-electron chi connectivity index (χ1n) is 11.7. The number of rotatable bonds is 8. The monoisotopic (exact) mass is 518 g/mol. The second-order valence-electron chi connectivity index (χ2n) is 8.29. The number of carbonyl (C=O) groups is 2. The standard InChI is InChI=1S/C17H16ClN3O3.C8H14O2.CH5N/c1-24-16-3-2-11(8-19)6-13(16)15(4-5-22)21-17-14(18)7-12(10-23)9-20-17;1-6-2-4-7(5-3-6)8(9)10;1-2/h2-3,6-7,9-10,15,22H,4-5H2,1H3,(H,20,21);6-7H,2-5H2,1H3,(H,9,10);2H2,1H3. The van der Waals surface area contributed by atoms with E-state index in [1.165, 1.54) is 26.4 Å². The Kier molecular flexibility index (Phi) is 14.1. The van der Waals surface area contributed by atoms with Gasteiger partial charge < -0.3 is 26.0 Å². The number of carboxylic acid groups (broad SMARTS) is 1. The fraction of sp³-hybridized carbons (Fsp3) is 0.462. The van der Waals surface area contributed by atoms with E-state index >= 15 is 0 Å². The topological polar surface area (TPSA) is 159 Å². The summed E-state index contributed by atoms with van der Waals surface area (Å²) in [5.41, 5.74) is 6.06. The van der Waals surface area contributed by atoms with Gasteiger partial charge in [0.2, 0.25) is 0 Å². The van der Waals surface area contributed by atoms with Gasteiger partial charge in [-0.25, -0.2) is 4.98 Å². The number of aliphatic hydroxyl groups is 1. The number of nitriles is 1. The van der Waals surface area contributed by atoms with Gasteiger partial charge in [0.1, 0.15) is 11.6 Å². The fourth-order valence-electron chi connectivity index (χ4n) is 3.81. The van der Waals surface area contributed by atoms with Crippen molar-refractivity contribution in [3.8, 4) is 11.8 Å². The highest BCUT2D eigenvalue weighted by atomic mass is 35.5. The van der Waals surface area contributed by atoms with Crippen LogP contribution in [0.1, 0.15) is 66.6 Å². The van der Waals surface area contributed by atoms with Gasteiger partial charge in [-0.15, -0.1) is 0 Å². The van der Waals surface area contributed by atoms with E-state index in [2.05, 4.69) is 29.0 Å². The van der Waals surface area contributed by atoms with Crippen LogP contribution in [0.15, 0.2) is 30.5 Å². The number of carboxylic acids is 1. The number of hydrogen-bond acceptors (Lipinski definition) is 8. The number of hydrogen-bond donors (Lipinski definition) is 4. The molecule has 1 aromatic heterocycles. The van der Waals surface area contributed by atoms with Crippen molar-refractivity contribution in [3.63, 3.8) is 0 Å². The molecule has 3 rings (SSSR count). The molecule has 2 aromatic rings. The van der Waals surface area contributed by atoms with E-state index < -0.39 is 5.97 Å². The molecular formula is C26H35ClN4O5. The number of nitrogens with one attached hydrogen (secondary N) is 1. The third kappa shape index (κ3) is 9.46. The highest BCUT2D eigenvalue weighted by Crippen LogP contribution is 2.32. The molecule has 1 saturated carbocycles. The minimum absolute atomic E-state index is 0.0452. The van der Waals surface area contributed by atoms with Gasteiger partial charge in [-0.05, 0) is 69.3 Å². The van der Waals surface area contributed by atoms with Crippen molar-refractivity contribution in [1.82, 2.24) is 4.98 Å². The summed E-state index contributed by atoms with van der Waals surface area (Å²) < 4.78 is 5.35. The van der Waals surface area contributed by atoms with Crippen LogP contribution in [0.3, 0.4) is 0 Å². The number of pyridine rings is 1. The van der Waals surface area contributed by atoms with Crippen LogP contribution >= 0.6 is 11.6 Å². The number of aromatic nitrogens is 1. The molecule has 1 aliphatic rings. The Hall–Kier alpha value is -3.19. The maximum absolute atomic E-state index is 10.8. The average molecular weight is 519 g/mol. The first-order chi connectivity index (χ1) is 17.3. The summed E-state index contributed by atoms with van der Waals surface area (Å²) >= 11 is 6.14. The van der Waals surface area contributed by atoms with Crippen LogP contribution in [-0.4, -0.2) is 48.2 Å². The number of aliphatic hydroxyl groups excluding tert-OH is 1. The van der Waals surface area contributed by atoms with Crippen LogP contribution in [0.4, 0.5) is 5.82 Å². The summed E-state index contributed by atoms with van der Waals surface area (Å²) in [5.74, 6) is 1.06. The van der Waals surface area contributed by atoms with Crippen LogP contribution in [0, 0.1) is 23.2 Å². The van der Waals surface area contributed by atoms with Gasteiger partial charge >= 0.3 is 5.97 Å². The average Bonchev–Trinajstić information content (AvgIpc) is 2.90. The molecule has 0 amide bonds. The molecule has 0 spiro atoms. The number of nitrogens with two attached hydrogens (primary N) is 1. The predicted octanol–water partition coefficient (Wildman–Crippen LogP) is 4.44. The van der Waals surface area contributed by atoms with E-state index in [0.29, 0.717) is 41.0 Å². The Bertz CT molecular complexity index is 1020. The molecule has 0 radical (unpaired) electrons. The molecule has 196 valence electrons. The number of aliphatic carboxylic acids is 1. The highest BCUT2D eigenvalue weighted by Gasteiger charge is 2.23. The van der Waals surface area contributed by atoms with Crippen molar-refractivity contribution in [2.24, 2.45) is 17.6 Å². The van der Waals surface area contributed by atoms with Gasteiger partial charge in [0.15, 0.2) is 6.29 Å². The normalized spacial score (nSPS) is 17.1. The van der Waals surface area contributed by atoms with Crippen LogP contribution in [0.25, 0.3) is 0 Å². The van der Waals surface area contributed by atoms with Gasteiger partial charge in [0.25, 0.3) is 0 Å². The van der Waals surface area contributed by atoms with Crippen LogP contribution < -0.4 is 15.8 Å². The number of ether oxygens (including phenoxy) is 1.